The van der Waals surface area contributed by atoms with Crippen molar-refractivity contribution in [2.24, 2.45) is 11.3 Å². The lowest BCUT2D eigenvalue weighted by Gasteiger charge is -2.36. The zero-order valence-corrected chi connectivity index (χ0v) is 13.2. The number of rotatable bonds is 4. The van der Waals surface area contributed by atoms with E-state index in [9.17, 15) is 0 Å². The minimum atomic E-state index is 0.445. The molecule has 3 heteroatoms. The highest BCUT2D eigenvalue weighted by atomic mass is 35.5. The highest BCUT2D eigenvalue weighted by molar-refractivity contribution is 6.17. The molecule has 108 valence electrons. The molecule has 0 atom stereocenters. The average molecular weight is 284 g/mol. The molecule has 0 N–H and O–H groups in total. The third-order valence-corrected chi connectivity index (χ3v) is 4.77. The van der Waals surface area contributed by atoms with Gasteiger partial charge in [0.15, 0.2) is 0 Å². The van der Waals surface area contributed by atoms with Gasteiger partial charge in [-0.15, -0.1) is 11.6 Å². The van der Waals surface area contributed by atoms with Gasteiger partial charge in [-0.1, -0.05) is 25.9 Å². The number of halogens is 1. The van der Waals surface area contributed by atoms with Crippen molar-refractivity contribution in [1.29, 1.82) is 0 Å². The Morgan fingerprint density at radius 3 is 2.53 bits per heavy atom. The van der Waals surface area contributed by atoms with Crippen LogP contribution in [0.2, 0.25) is 0 Å². The molecule has 1 aromatic heterocycles. The summed E-state index contributed by atoms with van der Waals surface area (Å²) >= 11 is 5.70. The molecule has 1 saturated carbocycles. The van der Waals surface area contributed by atoms with Crippen LogP contribution < -0.4 is 0 Å². The molecule has 2 nitrogen and oxygen atoms in total. The number of aromatic nitrogens is 1. The first-order valence-corrected chi connectivity index (χ1v) is 8.05. The van der Waals surface area contributed by atoms with E-state index in [1.807, 2.05) is 0 Å². The van der Waals surface area contributed by atoms with Crippen LogP contribution in [0.5, 0.6) is 0 Å². The first-order chi connectivity index (χ1) is 9.00. The SMILES string of the molecule is CC(C)(C)C1CCC(c2cc(CCCCl)on2)CC1. The molecule has 0 amide bonds. The Morgan fingerprint density at radius 2 is 1.95 bits per heavy atom. The second-order valence-corrected chi connectivity index (χ2v) is 7.30. The number of aryl methyl sites for hydroxylation is 1. The Morgan fingerprint density at radius 1 is 1.26 bits per heavy atom. The van der Waals surface area contributed by atoms with Gasteiger partial charge in [0.05, 0.1) is 5.69 Å². The highest BCUT2D eigenvalue weighted by Gasteiger charge is 2.31. The minimum Gasteiger partial charge on any atom is -0.361 e. The molecule has 0 spiro atoms. The van der Waals surface area contributed by atoms with E-state index in [-0.39, 0.29) is 0 Å². The van der Waals surface area contributed by atoms with E-state index in [0.29, 0.717) is 17.2 Å². The van der Waals surface area contributed by atoms with Gasteiger partial charge in [-0.05, 0) is 43.4 Å². The Kier molecular flexibility index (Phi) is 4.94. The molecule has 0 unspecified atom stereocenters. The van der Waals surface area contributed by atoms with E-state index in [4.69, 9.17) is 16.1 Å². The molecule has 0 saturated heterocycles. The van der Waals surface area contributed by atoms with Crippen LogP contribution in [0.4, 0.5) is 0 Å². The molecule has 1 aliphatic carbocycles. The van der Waals surface area contributed by atoms with Gasteiger partial charge in [0.1, 0.15) is 5.76 Å². The van der Waals surface area contributed by atoms with E-state index in [1.54, 1.807) is 0 Å². The van der Waals surface area contributed by atoms with Gasteiger partial charge >= 0.3 is 0 Å². The van der Waals surface area contributed by atoms with Gasteiger partial charge in [-0.25, -0.2) is 0 Å². The molecule has 1 aliphatic rings. The number of hydrogen-bond acceptors (Lipinski definition) is 2. The second-order valence-electron chi connectivity index (χ2n) is 6.93. The van der Waals surface area contributed by atoms with Crippen LogP contribution in [0.25, 0.3) is 0 Å². The van der Waals surface area contributed by atoms with Crippen LogP contribution in [-0.2, 0) is 6.42 Å². The van der Waals surface area contributed by atoms with Crippen molar-refractivity contribution in [3.63, 3.8) is 0 Å². The first kappa shape index (κ1) is 14.9. The van der Waals surface area contributed by atoms with E-state index >= 15 is 0 Å². The third-order valence-electron chi connectivity index (χ3n) is 4.50. The third kappa shape index (κ3) is 3.98. The van der Waals surface area contributed by atoms with E-state index in [2.05, 4.69) is 32.0 Å². The van der Waals surface area contributed by atoms with Crippen molar-refractivity contribution in [3.8, 4) is 0 Å². The van der Waals surface area contributed by atoms with Gasteiger partial charge in [0.25, 0.3) is 0 Å². The molecule has 0 aromatic carbocycles. The molecule has 0 bridgehead atoms. The molecular weight excluding hydrogens is 258 g/mol. The summed E-state index contributed by atoms with van der Waals surface area (Å²) in [5.41, 5.74) is 1.61. The van der Waals surface area contributed by atoms with Crippen molar-refractivity contribution in [2.75, 3.05) is 5.88 Å². The largest absolute Gasteiger partial charge is 0.361 e. The predicted molar refractivity (Wildman–Crippen MR) is 79.7 cm³/mol. The molecule has 1 fully saturated rings. The standard InChI is InChI=1S/C16H26ClNO/c1-16(2,3)13-8-6-12(7-9-13)15-11-14(19-18-15)5-4-10-17/h11-13H,4-10H2,1-3H3. The number of hydrogen-bond donors (Lipinski definition) is 0. The lowest BCUT2D eigenvalue weighted by molar-refractivity contribution is 0.167. The zero-order valence-electron chi connectivity index (χ0n) is 12.4. The maximum atomic E-state index is 5.70. The van der Waals surface area contributed by atoms with Crippen LogP contribution in [0.3, 0.4) is 0 Å². The van der Waals surface area contributed by atoms with Crippen LogP contribution in [-0.4, -0.2) is 11.0 Å². The van der Waals surface area contributed by atoms with Gasteiger partial charge in [-0.3, -0.25) is 0 Å². The fraction of sp³-hybridized carbons (Fsp3) is 0.812. The summed E-state index contributed by atoms with van der Waals surface area (Å²) in [6, 6.07) is 2.15. The summed E-state index contributed by atoms with van der Waals surface area (Å²) in [5.74, 6) is 3.14. The van der Waals surface area contributed by atoms with Crippen molar-refractivity contribution < 1.29 is 4.52 Å². The molecule has 1 heterocycles. The highest BCUT2D eigenvalue weighted by Crippen LogP contribution is 2.42. The monoisotopic (exact) mass is 283 g/mol. The Balaban J connectivity index is 1.89. The fourth-order valence-corrected chi connectivity index (χ4v) is 3.27. The summed E-state index contributed by atoms with van der Waals surface area (Å²) < 4.78 is 5.41. The van der Waals surface area contributed by atoms with Crippen molar-refractivity contribution in [1.82, 2.24) is 5.16 Å². The smallest absolute Gasteiger partial charge is 0.137 e. The lowest BCUT2D eigenvalue weighted by Crippen LogP contribution is -2.25. The minimum absolute atomic E-state index is 0.445. The Hall–Kier alpha value is -0.500. The van der Waals surface area contributed by atoms with Crippen LogP contribution in [0.1, 0.15) is 70.2 Å². The number of nitrogens with zero attached hydrogens (tertiary/aromatic N) is 1. The van der Waals surface area contributed by atoms with Crippen LogP contribution >= 0.6 is 11.6 Å². The molecule has 0 radical (unpaired) electrons. The van der Waals surface area contributed by atoms with E-state index in [1.165, 1.54) is 25.7 Å². The predicted octanol–water partition coefficient (Wildman–Crippen LogP) is 5.17. The fourth-order valence-electron chi connectivity index (χ4n) is 3.14. The topological polar surface area (TPSA) is 26.0 Å². The summed E-state index contributed by atoms with van der Waals surface area (Å²) in [6.45, 7) is 7.08. The second kappa shape index (κ2) is 6.30. The van der Waals surface area contributed by atoms with E-state index < -0.39 is 0 Å². The van der Waals surface area contributed by atoms with Crippen molar-refractivity contribution in [3.05, 3.63) is 17.5 Å². The lowest BCUT2D eigenvalue weighted by atomic mass is 9.69. The maximum Gasteiger partial charge on any atom is 0.137 e. The quantitative estimate of drug-likeness (QED) is 0.713. The molecule has 1 aromatic rings. The normalized spacial score (nSPS) is 24.6. The van der Waals surface area contributed by atoms with Crippen molar-refractivity contribution >= 4 is 11.6 Å². The van der Waals surface area contributed by atoms with Crippen LogP contribution in [0, 0.1) is 11.3 Å². The average Bonchev–Trinajstić information content (AvgIpc) is 2.84. The van der Waals surface area contributed by atoms with Gasteiger partial charge < -0.3 is 4.52 Å². The van der Waals surface area contributed by atoms with Gasteiger partial charge in [0.2, 0.25) is 0 Å². The van der Waals surface area contributed by atoms with Gasteiger partial charge in [-0.2, -0.15) is 0 Å². The molecule has 2 rings (SSSR count). The summed E-state index contributed by atoms with van der Waals surface area (Å²) in [6.07, 6.45) is 7.02. The van der Waals surface area contributed by atoms with Crippen molar-refractivity contribution in [2.45, 2.75) is 65.2 Å². The summed E-state index contributed by atoms with van der Waals surface area (Å²) in [5, 5.41) is 4.26. The molecule has 0 aliphatic heterocycles. The zero-order chi connectivity index (χ0) is 13.9. The van der Waals surface area contributed by atoms with E-state index in [0.717, 1.165) is 30.2 Å². The Bertz CT molecular complexity index is 386. The van der Waals surface area contributed by atoms with Gasteiger partial charge in [0, 0.05) is 24.3 Å². The Labute approximate surface area is 121 Å². The number of alkyl halides is 1. The molecular formula is C16H26ClNO. The van der Waals surface area contributed by atoms with Crippen LogP contribution in [0.15, 0.2) is 10.6 Å². The molecule has 19 heavy (non-hydrogen) atoms. The first-order valence-electron chi connectivity index (χ1n) is 7.52. The summed E-state index contributed by atoms with van der Waals surface area (Å²) in [7, 11) is 0. The maximum absolute atomic E-state index is 5.70. The summed E-state index contributed by atoms with van der Waals surface area (Å²) in [4.78, 5) is 0.